The summed E-state index contributed by atoms with van der Waals surface area (Å²) in [5.41, 5.74) is -0.354. The Morgan fingerprint density at radius 3 is 2.86 bits per heavy atom. The van der Waals surface area contributed by atoms with Crippen LogP contribution in [-0.2, 0) is 11.0 Å². The van der Waals surface area contributed by atoms with Gasteiger partial charge in [0, 0.05) is 26.1 Å². The first-order valence-corrected chi connectivity index (χ1v) is 7.24. The van der Waals surface area contributed by atoms with Gasteiger partial charge in [-0.05, 0) is 18.2 Å². The van der Waals surface area contributed by atoms with Crippen molar-refractivity contribution in [1.29, 1.82) is 0 Å². The summed E-state index contributed by atoms with van der Waals surface area (Å²) in [5, 5.41) is 3.41. The number of nitrogens with zero attached hydrogens (tertiary/aromatic N) is 2. The molecule has 1 aliphatic heterocycles. The molecule has 0 atom stereocenters. The van der Waals surface area contributed by atoms with Crippen LogP contribution in [0, 0.1) is 0 Å². The number of amides is 1. The van der Waals surface area contributed by atoms with Crippen LogP contribution < -0.4 is 10.2 Å². The van der Waals surface area contributed by atoms with Crippen molar-refractivity contribution in [2.24, 2.45) is 0 Å². The average Bonchev–Trinajstić information content (AvgIpc) is 2.72. The van der Waals surface area contributed by atoms with E-state index in [-0.39, 0.29) is 5.91 Å². The lowest BCUT2D eigenvalue weighted by Crippen LogP contribution is -2.28. The number of benzene rings is 1. The van der Waals surface area contributed by atoms with Gasteiger partial charge in [0.15, 0.2) is 5.13 Å². The first kappa shape index (κ1) is 14.1. The molecule has 3 rings (SSSR count). The van der Waals surface area contributed by atoms with E-state index in [0.717, 1.165) is 12.1 Å². The standard InChI is InChI=1S/C13H12F3N3OS/c14-13(15,16)8-1-2-10-9(7-8)18-12(21-10)19-5-3-11(20)17-4-6-19/h1-2,7H,3-6H2,(H,17,20). The lowest BCUT2D eigenvalue weighted by molar-refractivity contribution is -0.137. The molecule has 0 saturated carbocycles. The second kappa shape index (κ2) is 5.18. The number of aromatic nitrogens is 1. The second-order valence-electron chi connectivity index (χ2n) is 4.76. The average molecular weight is 315 g/mol. The number of hydrogen-bond donors (Lipinski definition) is 1. The maximum Gasteiger partial charge on any atom is 0.416 e. The Hall–Kier alpha value is -1.83. The molecule has 1 amide bonds. The Labute approximate surface area is 122 Å². The molecule has 8 heteroatoms. The maximum absolute atomic E-state index is 12.7. The second-order valence-corrected chi connectivity index (χ2v) is 5.77. The summed E-state index contributed by atoms with van der Waals surface area (Å²) in [5.74, 6) is -0.0158. The number of anilines is 1. The molecule has 1 N–H and O–H groups in total. The normalized spacial score (nSPS) is 16.9. The van der Waals surface area contributed by atoms with Gasteiger partial charge < -0.3 is 10.2 Å². The minimum Gasteiger partial charge on any atom is -0.354 e. The van der Waals surface area contributed by atoms with Gasteiger partial charge >= 0.3 is 6.18 Å². The van der Waals surface area contributed by atoms with Gasteiger partial charge in [0.25, 0.3) is 0 Å². The minimum absolute atomic E-state index is 0.0158. The monoisotopic (exact) mass is 315 g/mol. The summed E-state index contributed by atoms with van der Waals surface area (Å²) < 4.78 is 38.8. The molecule has 2 heterocycles. The molecule has 21 heavy (non-hydrogen) atoms. The predicted octanol–water partition coefficient (Wildman–Crippen LogP) is 2.64. The van der Waals surface area contributed by atoms with Crippen LogP contribution in [0.15, 0.2) is 18.2 Å². The van der Waals surface area contributed by atoms with Crippen LogP contribution in [0.25, 0.3) is 10.2 Å². The van der Waals surface area contributed by atoms with Crippen LogP contribution in [0.2, 0.25) is 0 Å². The Kier molecular flexibility index (Phi) is 3.48. The third-order valence-corrected chi connectivity index (χ3v) is 4.38. The van der Waals surface area contributed by atoms with Gasteiger partial charge in [0.2, 0.25) is 5.91 Å². The number of halogens is 3. The highest BCUT2D eigenvalue weighted by molar-refractivity contribution is 7.22. The van der Waals surface area contributed by atoms with Crippen molar-refractivity contribution in [1.82, 2.24) is 10.3 Å². The number of rotatable bonds is 1. The van der Waals surface area contributed by atoms with Gasteiger partial charge in [-0.2, -0.15) is 13.2 Å². The molecule has 0 bridgehead atoms. The van der Waals surface area contributed by atoms with Crippen molar-refractivity contribution in [3.63, 3.8) is 0 Å². The molecule has 1 fully saturated rings. The van der Waals surface area contributed by atoms with E-state index in [4.69, 9.17) is 0 Å². The van der Waals surface area contributed by atoms with Crippen LogP contribution in [0.5, 0.6) is 0 Å². The van der Waals surface area contributed by atoms with Crippen molar-refractivity contribution in [2.45, 2.75) is 12.6 Å². The molecule has 0 aliphatic carbocycles. The fourth-order valence-electron chi connectivity index (χ4n) is 2.19. The van der Waals surface area contributed by atoms with Gasteiger partial charge in [-0.25, -0.2) is 4.98 Å². The van der Waals surface area contributed by atoms with Crippen molar-refractivity contribution in [3.05, 3.63) is 23.8 Å². The minimum atomic E-state index is -4.36. The number of nitrogens with one attached hydrogen (secondary N) is 1. The van der Waals surface area contributed by atoms with Crippen LogP contribution in [0.4, 0.5) is 18.3 Å². The molecule has 0 spiro atoms. The number of carbonyl (C=O) groups is 1. The molecule has 4 nitrogen and oxygen atoms in total. The molecule has 0 unspecified atom stereocenters. The van der Waals surface area contributed by atoms with Crippen LogP contribution in [-0.4, -0.2) is 30.5 Å². The number of fused-ring (bicyclic) bond motifs is 1. The van der Waals surface area contributed by atoms with E-state index >= 15 is 0 Å². The van der Waals surface area contributed by atoms with Gasteiger partial charge in [-0.1, -0.05) is 11.3 Å². The SMILES string of the molecule is O=C1CCN(c2nc3cc(C(F)(F)F)ccc3s2)CCN1. The summed E-state index contributed by atoms with van der Waals surface area (Å²) >= 11 is 1.34. The van der Waals surface area contributed by atoms with Gasteiger partial charge in [0.05, 0.1) is 15.8 Å². The molecule has 1 saturated heterocycles. The van der Waals surface area contributed by atoms with Gasteiger partial charge in [-0.3, -0.25) is 4.79 Å². The summed E-state index contributed by atoms with van der Waals surface area (Å²) in [7, 11) is 0. The van der Waals surface area contributed by atoms with Crippen LogP contribution >= 0.6 is 11.3 Å². The fourth-order valence-corrected chi connectivity index (χ4v) is 3.18. The largest absolute Gasteiger partial charge is 0.416 e. The van der Waals surface area contributed by atoms with E-state index < -0.39 is 11.7 Å². The zero-order valence-electron chi connectivity index (χ0n) is 10.9. The van der Waals surface area contributed by atoms with E-state index in [9.17, 15) is 18.0 Å². The zero-order chi connectivity index (χ0) is 15.0. The predicted molar refractivity (Wildman–Crippen MR) is 74.5 cm³/mol. The Balaban J connectivity index is 1.92. The molecule has 0 radical (unpaired) electrons. The Morgan fingerprint density at radius 1 is 1.29 bits per heavy atom. The summed E-state index contributed by atoms with van der Waals surface area (Å²) in [6.07, 6.45) is -4.00. The zero-order valence-corrected chi connectivity index (χ0v) is 11.7. The molecule has 1 aromatic carbocycles. The number of hydrogen-bond acceptors (Lipinski definition) is 4. The Bertz CT molecular complexity index is 683. The third-order valence-electron chi connectivity index (χ3n) is 3.29. The third kappa shape index (κ3) is 2.94. The van der Waals surface area contributed by atoms with Crippen LogP contribution in [0.1, 0.15) is 12.0 Å². The van der Waals surface area contributed by atoms with E-state index in [0.29, 0.717) is 41.4 Å². The van der Waals surface area contributed by atoms with Crippen LogP contribution in [0.3, 0.4) is 0 Å². The van der Waals surface area contributed by atoms with E-state index in [1.807, 2.05) is 4.90 Å². The van der Waals surface area contributed by atoms with Crippen molar-refractivity contribution in [2.75, 3.05) is 24.5 Å². The molecular formula is C13H12F3N3OS. The lowest BCUT2D eigenvalue weighted by Gasteiger charge is -2.17. The summed E-state index contributed by atoms with van der Waals surface area (Å²) in [6.45, 7) is 1.65. The molecule has 1 aromatic heterocycles. The topological polar surface area (TPSA) is 45.2 Å². The quantitative estimate of drug-likeness (QED) is 0.880. The summed E-state index contributed by atoms with van der Waals surface area (Å²) in [4.78, 5) is 17.5. The van der Waals surface area contributed by atoms with Crippen molar-refractivity contribution in [3.8, 4) is 0 Å². The highest BCUT2D eigenvalue weighted by Crippen LogP contribution is 2.35. The van der Waals surface area contributed by atoms with Gasteiger partial charge in [-0.15, -0.1) is 0 Å². The number of thiazole rings is 1. The molecule has 1 aliphatic rings. The first-order valence-electron chi connectivity index (χ1n) is 6.43. The highest BCUT2D eigenvalue weighted by atomic mass is 32.1. The lowest BCUT2D eigenvalue weighted by atomic mass is 10.2. The van der Waals surface area contributed by atoms with E-state index in [2.05, 4.69) is 10.3 Å². The molecule has 2 aromatic rings. The highest BCUT2D eigenvalue weighted by Gasteiger charge is 2.31. The van der Waals surface area contributed by atoms with Crippen molar-refractivity contribution < 1.29 is 18.0 Å². The van der Waals surface area contributed by atoms with E-state index in [1.165, 1.54) is 17.4 Å². The summed E-state index contributed by atoms with van der Waals surface area (Å²) in [6, 6.07) is 3.58. The number of alkyl halides is 3. The smallest absolute Gasteiger partial charge is 0.354 e. The van der Waals surface area contributed by atoms with Crippen molar-refractivity contribution >= 4 is 32.6 Å². The number of carbonyl (C=O) groups excluding carboxylic acids is 1. The van der Waals surface area contributed by atoms with E-state index in [1.54, 1.807) is 0 Å². The molecule has 112 valence electrons. The molecular weight excluding hydrogens is 303 g/mol. The van der Waals surface area contributed by atoms with Gasteiger partial charge in [0.1, 0.15) is 0 Å². The maximum atomic E-state index is 12.7. The Morgan fingerprint density at radius 2 is 2.10 bits per heavy atom. The first-order chi connectivity index (χ1) is 9.93. The fraction of sp³-hybridized carbons (Fsp3) is 0.385.